The molecule has 32 heavy (non-hydrogen) atoms. The summed E-state index contributed by atoms with van der Waals surface area (Å²) < 4.78 is 6.79. The third kappa shape index (κ3) is 7.39. The monoisotopic (exact) mass is 542 g/mol. The van der Waals surface area contributed by atoms with Crippen molar-refractivity contribution >= 4 is 50.9 Å². The maximum Gasteiger partial charge on any atom is 0.261 e. The minimum absolute atomic E-state index is 0.160. The molecule has 0 unspecified atom stereocenters. The molecular formula is C24H29BrCl2N2O3. The van der Waals surface area contributed by atoms with Gasteiger partial charge in [-0.05, 0) is 67.6 Å². The summed E-state index contributed by atoms with van der Waals surface area (Å²) in [6, 6.07) is 8.11. The number of amides is 2. The number of carbonyl (C=O) groups excluding carboxylic acids is 2. The quantitative estimate of drug-likeness (QED) is 0.425. The molecule has 174 valence electrons. The van der Waals surface area contributed by atoms with E-state index in [9.17, 15) is 9.59 Å². The molecule has 1 atom stereocenters. The summed E-state index contributed by atoms with van der Waals surface area (Å²) >= 11 is 15.9. The normalized spacial score (nSPS) is 11.9. The lowest BCUT2D eigenvalue weighted by atomic mass is 10.1. The number of benzene rings is 2. The van der Waals surface area contributed by atoms with Gasteiger partial charge in [-0.25, -0.2) is 0 Å². The van der Waals surface area contributed by atoms with Crippen LogP contribution in [0, 0.1) is 19.8 Å². The fraction of sp³-hybridized carbons (Fsp3) is 0.417. The van der Waals surface area contributed by atoms with Crippen LogP contribution in [0.15, 0.2) is 34.8 Å². The van der Waals surface area contributed by atoms with Crippen LogP contribution in [0.25, 0.3) is 0 Å². The molecule has 2 aromatic rings. The second-order valence-corrected chi connectivity index (χ2v) is 9.87. The zero-order valence-corrected chi connectivity index (χ0v) is 22.1. The van der Waals surface area contributed by atoms with Crippen LogP contribution < -0.4 is 10.1 Å². The van der Waals surface area contributed by atoms with Gasteiger partial charge in [0, 0.05) is 27.6 Å². The Morgan fingerprint density at radius 2 is 1.72 bits per heavy atom. The van der Waals surface area contributed by atoms with E-state index in [0.717, 1.165) is 15.6 Å². The highest BCUT2D eigenvalue weighted by Gasteiger charge is 2.27. The van der Waals surface area contributed by atoms with Gasteiger partial charge in [-0.3, -0.25) is 9.59 Å². The molecule has 1 N–H and O–H groups in total. The van der Waals surface area contributed by atoms with Gasteiger partial charge in [0.1, 0.15) is 11.8 Å². The highest BCUT2D eigenvalue weighted by molar-refractivity contribution is 9.10. The van der Waals surface area contributed by atoms with Gasteiger partial charge in [0.05, 0.1) is 0 Å². The second kappa shape index (κ2) is 11.9. The molecule has 0 aliphatic carbocycles. The molecule has 2 aromatic carbocycles. The summed E-state index contributed by atoms with van der Waals surface area (Å²) in [6.45, 7) is 10.1. The zero-order chi connectivity index (χ0) is 24.0. The van der Waals surface area contributed by atoms with E-state index in [1.165, 1.54) is 4.90 Å². The number of nitrogens with one attached hydrogen (secondary N) is 1. The Labute approximate surface area is 208 Å². The van der Waals surface area contributed by atoms with Crippen LogP contribution in [0.4, 0.5) is 0 Å². The Hall–Kier alpha value is -1.76. The molecule has 0 aliphatic rings. The molecule has 0 heterocycles. The average Bonchev–Trinajstić information content (AvgIpc) is 2.72. The van der Waals surface area contributed by atoms with Crippen molar-refractivity contribution in [2.24, 2.45) is 5.92 Å². The van der Waals surface area contributed by atoms with Gasteiger partial charge in [-0.2, -0.15) is 0 Å². The van der Waals surface area contributed by atoms with Crippen LogP contribution in [0.1, 0.15) is 37.5 Å². The molecule has 0 spiro atoms. The van der Waals surface area contributed by atoms with Crippen LogP contribution in [0.3, 0.4) is 0 Å². The topological polar surface area (TPSA) is 58.6 Å². The van der Waals surface area contributed by atoms with E-state index >= 15 is 0 Å². The number of ether oxygens (including phenoxy) is 1. The molecule has 2 amide bonds. The summed E-state index contributed by atoms with van der Waals surface area (Å²) in [5.74, 6) is 0.347. The molecular weight excluding hydrogens is 515 g/mol. The fourth-order valence-electron chi connectivity index (χ4n) is 3.09. The van der Waals surface area contributed by atoms with E-state index in [4.69, 9.17) is 27.9 Å². The molecule has 0 fully saturated rings. The Morgan fingerprint density at radius 3 is 2.28 bits per heavy atom. The van der Waals surface area contributed by atoms with Crippen LogP contribution in [-0.4, -0.2) is 35.9 Å². The van der Waals surface area contributed by atoms with Crippen LogP contribution >= 0.6 is 39.1 Å². The summed E-state index contributed by atoms with van der Waals surface area (Å²) in [7, 11) is 0. The van der Waals surface area contributed by atoms with Crippen molar-refractivity contribution in [2.45, 2.75) is 47.2 Å². The molecule has 0 aromatic heterocycles. The molecule has 5 nitrogen and oxygen atoms in total. The third-order valence-corrected chi connectivity index (χ3v) is 6.82. The van der Waals surface area contributed by atoms with E-state index in [1.54, 1.807) is 25.1 Å². The number of hydrogen-bond donors (Lipinski definition) is 1. The number of carbonyl (C=O) groups is 2. The Kier molecular flexibility index (Phi) is 9.86. The summed E-state index contributed by atoms with van der Waals surface area (Å²) in [4.78, 5) is 27.4. The largest absolute Gasteiger partial charge is 0.484 e. The van der Waals surface area contributed by atoms with Crippen LogP contribution in [-0.2, 0) is 16.1 Å². The van der Waals surface area contributed by atoms with Gasteiger partial charge in [-0.1, -0.05) is 59.0 Å². The number of rotatable bonds is 9. The molecule has 0 saturated heterocycles. The number of nitrogens with zero attached hydrogens (tertiary/aromatic N) is 1. The van der Waals surface area contributed by atoms with E-state index in [0.29, 0.717) is 33.8 Å². The summed E-state index contributed by atoms with van der Waals surface area (Å²) in [6.07, 6.45) is 0. The predicted molar refractivity (Wildman–Crippen MR) is 133 cm³/mol. The van der Waals surface area contributed by atoms with Gasteiger partial charge in [-0.15, -0.1) is 0 Å². The number of halogens is 3. The van der Waals surface area contributed by atoms with Crippen LogP contribution in [0.5, 0.6) is 5.75 Å². The van der Waals surface area contributed by atoms with Gasteiger partial charge in [0.2, 0.25) is 5.91 Å². The number of hydrogen-bond acceptors (Lipinski definition) is 3. The highest BCUT2D eigenvalue weighted by atomic mass is 79.9. The van der Waals surface area contributed by atoms with Gasteiger partial charge >= 0.3 is 0 Å². The molecule has 0 saturated carbocycles. The number of aryl methyl sites for hydroxylation is 2. The first-order chi connectivity index (χ1) is 15.0. The molecule has 0 aliphatic heterocycles. The standard InChI is InChI=1S/C24H29BrCl2N2O3/c1-14(2)11-28-24(31)17(5)29(12-18-6-7-19(26)10-21(18)27)22(30)13-32-20-8-15(3)23(25)16(4)9-20/h6-10,14,17H,11-13H2,1-5H3,(H,28,31)/t17-/m1/s1. The van der Waals surface area contributed by atoms with E-state index in [2.05, 4.69) is 21.2 Å². The van der Waals surface area contributed by atoms with Crippen molar-refractivity contribution in [1.82, 2.24) is 10.2 Å². The predicted octanol–water partition coefficient (Wildman–Crippen LogP) is 5.94. The minimum Gasteiger partial charge on any atom is -0.484 e. The third-order valence-electron chi connectivity index (χ3n) is 4.98. The van der Waals surface area contributed by atoms with Crippen molar-refractivity contribution < 1.29 is 14.3 Å². The Balaban J connectivity index is 2.21. The molecule has 8 heteroatoms. The summed E-state index contributed by atoms with van der Waals surface area (Å²) in [5.41, 5.74) is 2.72. The lowest BCUT2D eigenvalue weighted by Gasteiger charge is -2.29. The van der Waals surface area contributed by atoms with Gasteiger partial charge in [0.25, 0.3) is 5.91 Å². The molecule has 0 bridgehead atoms. The van der Waals surface area contributed by atoms with Crippen molar-refractivity contribution in [3.8, 4) is 5.75 Å². The maximum absolute atomic E-state index is 13.2. The van der Waals surface area contributed by atoms with E-state index in [1.807, 2.05) is 39.8 Å². The highest BCUT2D eigenvalue weighted by Crippen LogP contribution is 2.27. The Bertz CT molecular complexity index is 959. The first-order valence-electron chi connectivity index (χ1n) is 10.4. The molecule has 0 radical (unpaired) electrons. The van der Waals surface area contributed by atoms with E-state index in [-0.39, 0.29) is 25.0 Å². The van der Waals surface area contributed by atoms with Crippen LogP contribution in [0.2, 0.25) is 10.0 Å². The fourth-order valence-corrected chi connectivity index (χ4v) is 3.78. The first-order valence-corrected chi connectivity index (χ1v) is 11.9. The maximum atomic E-state index is 13.2. The van der Waals surface area contributed by atoms with Crippen molar-refractivity contribution in [2.75, 3.05) is 13.2 Å². The SMILES string of the molecule is Cc1cc(OCC(=O)N(Cc2ccc(Cl)cc2Cl)[C@H](C)C(=O)NCC(C)C)cc(C)c1Br. The van der Waals surface area contributed by atoms with Crippen molar-refractivity contribution in [3.05, 3.63) is 61.5 Å². The average molecular weight is 544 g/mol. The second-order valence-electron chi connectivity index (χ2n) is 8.23. The minimum atomic E-state index is -0.704. The van der Waals surface area contributed by atoms with Crippen molar-refractivity contribution in [1.29, 1.82) is 0 Å². The van der Waals surface area contributed by atoms with Crippen molar-refractivity contribution in [3.63, 3.8) is 0 Å². The van der Waals surface area contributed by atoms with E-state index < -0.39 is 6.04 Å². The lowest BCUT2D eigenvalue weighted by molar-refractivity contribution is -0.142. The summed E-state index contributed by atoms with van der Waals surface area (Å²) in [5, 5.41) is 3.83. The first kappa shape index (κ1) is 26.5. The molecule has 2 rings (SSSR count). The smallest absolute Gasteiger partial charge is 0.261 e. The zero-order valence-electron chi connectivity index (χ0n) is 19.0. The van der Waals surface area contributed by atoms with Gasteiger partial charge in [0.15, 0.2) is 6.61 Å². The Morgan fingerprint density at radius 1 is 1.09 bits per heavy atom. The van der Waals surface area contributed by atoms with Gasteiger partial charge < -0.3 is 15.0 Å². The lowest BCUT2D eigenvalue weighted by Crippen LogP contribution is -2.49.